The van der Waals surface area contributed by atoms with Crippen molar-refractivity contribution in [3.63, 3.8) is 0 Å². The van der Waals surface area contributed by atoms with Crippen molar-refractivity contribution in [2.24, 2.45) is 5.92 Å². The van der Waals surface area contributed by atoms with Crippen LogP contribution in [-0.2, 0) is 27.2 Å². The van der Waals surface area contributed by atoms with E-state index in [-0.39, 0.29) is 30.1 Å². The second kappa shape index (κ2) is 8.58. The minimum atomic E-state index is -0.587. The van der Waals surface area contributed by atoms with Crippen molar-refractivity contribution >= 4 is 23.0 Å². The van der Waals surface area contributed by atoms with Crippen LogP contribution in [0.4, 0.5) is 4.79 Å². The molecular formula is C28H32N2O4. The van der Waals surface area contributed by atoms with E-state index in [1.165, 1.54) is 5.56 Å². The highest BCUT2D eigenvalue weighted by Crippen LogP contribution is 2.50. The van der Waals surface area contributed by atoms with E-state index in [1.54, 1.807) is 4.57 Å². The maximum atomic E-state index is 13.1. The minimum absolute atomic E-state index is 0.0238. The minimum Gasteiger partial charge on any atom is -0.465 e. The average Bonchev–Trinajstić information content (AvgIpc) is 3.34. The second-order valence-corrected chi connectivity index (χ2v) is 10.3. The molecule has 6 heteroatoms. The first-order valence-corrected chi connectivity index (χ1v) is 12.1. The molecule has 5 rings (SSSR count). The van der Waals surface area contributed by atoms with Crippen molar-refractivity contribution in [3.8, 4) is 0 Å². The van der Waals surface area contributed by atoms with E-state index in [0.29, 0.717) is 13.2 Å². The van der Waals surface area contributed by atoms with Crippen LogP contribution >= 0.6 is 0 Å². The largest absolute Gasteiger partial charge is 0.465 e. The summed E-state index contributed by atoms with van der Waals surface area (Å²) in [5.41, 5.74) is 3.74. The predicted molar refractivity (Wildman–Crippen MR) is 131 cm³/mol. The molecule has 1 aliphatic heterocycles. The van der Waals surface area contributed by atoms with Crippen molar-refractivity contribution in [1.82, 2.24) is 9.47 Å². The molecule has 0 N–H and O–H groups in total. The predicted octanol–water partition coefficient (Wildman–Crippen LogP) is 5.48. The van der Waals surface area contributed by atoms with Crippen LogP contribution in [0.15, 0.2) is 54.7 Å². The monoisotopic (exact) mass is 460 g/mol. The number of fused-ring (bicyclic) bond motifs is 2. The molecule has 6 nitrogen and oxygen atoms in total. The molecule has 0 amide bonds. The van der Waals surface area contributed by atoms with Gasteiger partial charge in [-0.25, -0.2) is 4.79 Å². The summed E-state index contributed by atoms with van der Waals surface area (Å²) >= 11 is 0. The summed E-state index contributed by atoms with van der Waals surface area (Å²) < 4.78 is 12.8. The molecule has 178 valence electrons. The summed E-state index contributed by atoms with van der Waals surface area (Å²) in [5, 5.41) is 1.11. The Morgan fingerprint density at radius 2 is 1.82 bits per heavy atom. The number of hydrogen-bond acceptors (Lipinski definition) is 5. The summed E-state index contributed by atoms with van der Waals surface area (Å²) in [6.07, 6.45) is 3.16. The number of carbonyl (C=O) groups is 2. The molecule has 1 fully saturated rings. The molecule has 0 radical (unpaired) electrons. The quantitative estimate of drug-likeness (QED) is 0.483. The van der Waals surface area contributed by atoms with E-state index in [1.807, 2.05) is 64.2 Å². The Labute approximate surface area is 200 Å². The topological polar surface area (TPSA) is 60.8 Å². The molecular weight excluding hydrogens is 428 g/mol. The summed E-state index contributed by atoms with van der Waals surface area (Å²) in [6, 6.07) is 16.1. The SMILES string of the molecule is CCOC(=O)C1CC2Cc3cccc4c3c(cn4C(=O)OC(C)(C)C)C2N1Cc1ccccc1. The number of likely N-dealkylation sites (tertiary alicyclic amines) is 1. The van der Waals surface area contributed by atoms with E-state index >= 15 is 0 Å². The smallest absolute Gasteiger partial charge is 0.419 e. The number of hydrogen-bond donors (Lipinski definition) is 0. The zero-order valence-corrected chi connectivity index (χ0v) is 20.3. The fraction of sp³-hybridized carbons (Fsp3) is 0.429. The number of carbonyl (C=O) groups excluding carboxylic acids is 2. The van der Waals surface area contributed by atoms with Crippen LogP contribution < -0.4 is 0 Å². The Morgan fingerprint density at radius 3 is 2.53 bits per heavy atom. The molecule has 0 spiro atoms. The van der Waals surface area contributed by atoms with Gasteiger partial charge in [-0.1, -0.05) is 42.5 Å². The third-order valence-electron chi connectivity index (χ3n) is 6.83. The maximum absolute atomic E-state index is 13.1. The lowest BCUT2D eigenvalue weighted by molar-refractivity contribution is -0.149. The molecule has 3 unspecified atom stereocenters. The summed E-state index contributed by atoms with van der Waals surface area (Å²) in [5.74, 6) is 0.102. The van der Waals surface area contributed by atoms with E-state index in [2.05, 4.69) is 23.1 Å². The van der Waals surface area contributed by atoms with E-state index in [4.69, 9.17) is 9.47 Å². The van der Waals surface area contributed by atoms with Gasteiger partial charge in [-0.15, -0.1) is 0 Å². The highest BCUT2D eigenvalue weighted by Gasteiger charge is 2.48. The summed E-state index contributed by atoms with van der Waals surface area (Å²) in [7, 11) is 0. The van der Waals surface area contributed by atoms with Gasteiger partial charge in [0.15, 0.2) is 0 Å². The van der Waals surface area contributed by atoms with Crippen LogP contribution in [0, 0.1) is 5.92 Å². The Morgan fingerprint density at radius 1 is 1.06 bits per heavy atom. The molecule has 34 heavy (non-hydrogen) atoms. The van der Waals surface area contributed by atoms with Crippen molar-refractivity contribution in [3.05, 3.63) is 71.4 Å². The van der Waals surface area contributed by atoms with E-state index < -0.39 is 5.60 Å². The lowest BCUT2D eigenvalue weighted by atomic mass is 9.81. The number of esters is 1. The molecule has 2 aliphatic rings. The van der Waals surface area contributed by atoms with Crippen LogP contribution in [-0.4, -0.2) is 39.8 Å². The number of benzene rings is 2. The molecule has 3 atom stereocenters. The molecule has 0 saturated carbocycles. The molecule has 1 saturated heterocycles. The van der Waals surface area contributed by atoms with Crippen molar-refractivity contribution in [2.45, 2.75) is 64.8 Å². The van der Waals surface area contributed by atoms with Gasteiger partial charge >= 0.3 is 12.1 Å². The molecule has 1 aromatic heterocycles. The fourth-order valence-electron chi connectivity index (χ4n) is 5.65. The standard InChI is InChI=1S/C28H32N2O4/c1-5-33-26(31)23-15-20-14-19-12-9-13-22-24(19)21(17-30(22)27(32)34-28(2,3)4)25(20)29(23)16-18-10-7-6-8-11-18/h6-13,17,20,23,25H,5,14-16H2,1-4H3. The number of nitrogens with zero attached hydrogens (tertiary/aromatic N) is 2. The third kappa shape index (κ3) is 4.00. The zero-order chi connectivity index (χ0) is 24.0. The average molecular weight is 461 g/mol. The lowest BCUT2D eigenvalue weighted by Crippen LogP contribution is -2.38. The molecule has 2 heterocycles. The van der Waals surface area contributed by atoms with Gasteiger partial charge in [0.2, 0.25) is 0 Å². The second-order valence-electron chi connectivity index (χ2n) is 10.3. The maximum Gasteiger partial charge on any atom is 0.419 e. The van der Waals surface area contributed by atoms with Crippen LogP contribution in [0.25, 0.3) is 10.9 Å². The molecule has 0 bridgehead atoms. The van der Waals surface area contributed by atoms with Crippen LogP contribution in [0.5, 0.6) is 0 Å². The highest BCUT2D eigenvalue weighted by atomic mass is 16.6. The zero-order valence-electron chi connectivity index (χ0n) is 20.3. The van der Waals surface area contributed by atoms with Crippen LogP contribution in [0.2, 0.25) is 0 Å². The van der Waals surface area contributed by atoms with Gasteiger partial charge < -0.3 is 9.47 Å². The van der Waals surface area contributed by atoms with E-state index in [0.717, 1.165) is 34.9 Å². The molecule has 2 aromatic carbocycles. The van der Waals surface area contributed by atoms with Crippen molar-refractivity contribution in [1.29, 1.82) is 0 Å². The van der Waals surface area contributed by atoms with Crippen LogP contribution in [0.1, 0.15) is 56.8 Å². The van der Waals surface area contributed by atoms with Crippen molar-refractivity contribution < 1.29 is 19.1 Å². The Kier molecular flexibility index (Phi) is 5.72. The van der Waals surface area contributed by atoms with E-state index in [9.17, 15) is 9.59 Å². The molecule has 3 aromatic rings. The number of aromatic nitrogens is 1. The number of rotatable bonds is 4. The Bertz CT molecular complexity index is 1220. The third-order valence-corrected chi connectivity index (χ3v) is 6.83. The fourth-order valence-corrected chi connectivity index (χ4v) is 5.65. The van der Waals surface area contributed by atoms with Gasteiger partial charge in [-0.2, -0.15) is 0 Å². The Hall–Kier alpha value is -3.12. The number of ether oxygens (including phenoxy) is 2. The van der Waals surface area contributed by atoms with Gasteiger partial charge in [0, 0.05) is 24.2 Å². The first-order valence-electron chi connectivity index (χ1n) is 12.1. The summed E-state index contributed by atoms with van der Waals surface area (Å²) in [6.45, 7) is 8.48. The summed E-state index contributed by atoms with van der Waals surface area (Å²) in [4.78, 5) is 28.4. The lowest BCUT2D eigenvalue weighted by Gasteiger charge is -2.33. The highest BCUT2D eigenvalue weighted by molar-refractivity contribution is 5.95. The van der Waals surface area contributed by atoms with Gasteiger partial charge in [-0.05, 0) is 69.2 Å². The van der Waals surface area contributed by atoms with Gasteiger partial charge in [-0.3, -0.25) is 14.3 Å². The molecule has 1 aliphatic carbocycles. The first kappa shape index (κ1) is 22.7. The normalized spacial score (nSPS) is 21.9. The Balaban J connectivity index is 1.60. The van der Waals surface area contributed by atoms with Gasteiger partial charge in [0.05, 0.1) is 12.1 Å². The van der Waals surface area contributed by atoms with Crippen molar-refractivity contribution in [2.75, 3.05) is 6.61 Å². The van der Waals surface area contributed by atoms with Gasteiger partial charge in [0.25, 0.3) is 0 Å². The first-order chi connectivity index (χ1) is 16.3. The van der Waals surface area contributed by atoms with Crippen LogP contribution in [0.3, 0.4) is 0 Å². The van der Waals surface area contributed by atoms with Gasteiger partial charge in [0.1, 0.15) is 11.6 Å².